The lowest BCUT2D eigenvalue weighted by Crippen LogP contribution is -2.39. The average Bonchev–Trinajstić information content (AvgIpc) is 2.63. The van der Waals surface area contributed by atoms with Gasteiger partial charge in [0.15, 0.2) is 5.78 Å². The summed E-state index contributed by atoms with van der Waals surface area (Å²) in [5.41, 5.74) is 7.42. The van der Waals surface area contributed by atoms with Crippen molar-refractivity contribution >= 4 is 17.3 Å². The second-order valence-electron chi connectivity index (χ2n) is 9.12. The summed E-state index contributed by atoms with van der Waals surface area (Å²) in [4.78, 5) is 38.3. The normalized spacial score (nSPS) is 23.7. The smallest absolute Gasteiger partial charge is 0.189 e. The Morgan fingerprint density at radius 3 is 2.41 bits per heavy atom. The van der Waals surface area contributed by atoms with Gasteiger partial charge in [-0.25, -0.2) is 0 Å². The highest BCUT2D eigenvalue weighted by Gasteiger charge is 2.44. The van der Waals surface area contributed by atoms with Crippen molar-refractivity contribution in [2.45, 2.75) is 80.1 Å². The Kier molecular flexibility index (Phi) is 6.26. The van der Waals surface area contributed by atoms with E-state index in [9.17, 15) is 14.4 Å². The van der Waals surface area contributed by atoms with Crippen LogP contribution in [-0.4, -0.2) is 17.3 Å². The highest BCUT2D eigenvalue weighted by atomic mass is 16.1. The molecule has 0 amide bonds. The van der Waals surface area contributed by atoms with Crippen LogP contribution in [0.1, 0.15) is 86.0 Å². The predicted octanol–water partition coefficient (Wildman–Crippen LogP) is 5.52. The Labute approximate surface area is 175 Å². The summed E-state index contributed by atoms with van der Waals surface area (Å²) in [6.45, 7) is 11.9. The molecule has 0 bridgehead atoms. The van der Waals surface area contributed by atoms with Gasteiger partial charge in [0.25, 0.3) is 0 Å². The molecular formula is C26H34O3. The van der Waals surface area contributed by atoms with Crippen LogP contribution in [0, 0.1) is 31.6 Å². The summed E-state index contributed by atoms with van der Waals surface area (Å²) >= 11 is 0. The monoisotopic (exact) mass is 394 g/mol. The summed E-state index contributed by atoms with van der Waals surface area (Å²) < 4.78 is 0. The van der Waals surface area contributed by atoms with E-state index >= 15 is 0 Å². The van der Waals surface area contributed by atoms with Crippen molar-refractivity contribution in [1.82, 2.24) is 0 Å². The van der Waals surface area contributed by atoms with Crippen LogP contribution in [0.4, 0.5) is 0 Å². The van der Waals surface area contributed by atoms with E-state index in [2.05, 4.69) is 26.8 Å². The fourth-order valence-electron chi connectivity index (χ4n) is 5.81. The van der Waals surface area contributed by atoms with E-state index in [-0.39, 0.29) is 41.5 Å². The highest BCUT2D eigenvalue weighted by Crippen LogP contribution is 2.47. The fraction of sp³-hybridized carbons (Fsp3) is 0.577. The number of allylic oxidation sites excluding steroid dienone is 2. The SMILES string of the molecule is CCCC1CC2Cc3c(CC)cc(C)c(C)c3C(=O)C2=C(C)C1C(=O)CC(C)=O. The minimum absolute atomic E-state index is 0.00629. The van der Waals surface area contributed by atoms with Crippen molar-refractivity contribution in [2.24, 2.45) is 17.8 Å². The van der Waals surface area contributed by atoms with Gasteiger partial charge < -0.3 is 0 Å². The molecule has 0 aliphatic heterocycles. The lowest BCUT2D eigenvalue weighted by molar-refractivity contribution is -0.129. The Hall–Kier alpha value is -2.03. The van der Waals surface area contributed by atoms with E-state index in [4.69, 9.17) is 0 Å². The molecular weight excluding hydrogens is 360 g/mol. The van der Waals surface area contributed by atoms with Gasteiger partial charge in [-0.2, -0.15) is 0 Å². The number of hydrogen-bond acceptors (Lipinski definition) is 3. The van der Waals surface area contributed by atoms with Crippen LogP contribution in [0.5, 0.6) is 0 Å². The molecule has 2 aliphatic rings. The van der Waals surface area contributed by atoms with E-state index in [1.165, 1.54) is 18.1 Å². The predicted molar refractivity (Wildman–Crippen MR) is 116 cm³/mol. The van der Waals surface area contributed by atoms with Crippen molar-refractivity contribution < 1.29 is 14.4 Å². The van der Waals surface area contributed by atoms with E-state index in [1.54, 1.807) is 0 Å². The first-order valence-corrected chi connectivity index (χ1v) is 11.1. The molecule has 29 heavy (non-hydrogen) atoms. The van der Waals surface area contributed by atoms with Crippen molar-refractivity contribution in [1.29, 1.82) is 0 Å². The lowest BCUT2D eigenvalue weighted by Gasteiger charge is -2.41. The van der Waals surface area contributed by atoms with Crippen molar-refractivity contribution in [3.63, 3.8) is 0 Å². The quantitative estimate of drug-likeness (QED) is 0.597. The number of hydrogen-bond donors (Lipinski definition) is 0. The van der Waals surface area contributed by atoms with E-state index < -0.39 is 0 Å². The maximum absolute atomic E-state index is 13.7. The fourth-order valence-corrected chi connectivity index (χ4v) is 5.81. The molecule has 0 radical (unpaired) electrons. The minimum Gasteiger partial charge on any atom is -0.300 e. The summed E-state index contributed by atoms with van der Waals surface area (Å²) in [5, 5.41) is 0. The topological polar surface area (TPSA) is 51.2 Å². The van der Waals surface area contributed by atoms with Gasteiger partial charge in [0.1, 0.15) is 11.6 Å². The summed E-state index contributed by atoms with van der Waals surface area (Å²) in [6, 6.07) is 2.24. The molecule has 3 atom stereocenters. The molecule has 3 nitrogen and oxygen atoms in total. The molecule has 0 N–H and O–H groups in total. The molecule has 0 spiro atoms. The van der Waals surface area contributed by atoms with Crippen molar-refractivity contribution in [2.75, 3.05) is 0 Å². The Morgan fingerprint density at radius 2 is 1.83 bits per heavy atom. The molecule has 0 heterocycles. The third-order valence-corrected chi connectivity index (χ3v) is 7.14. The molecule has 2 aliphatic carbocycles. The van der Waals surface area contributed by atoms with Gasteiger partial charge in [0.05, 0.1) is 6.42 Å². The van der Waals surface area contributed by atoms with Gasteiger partial charge in [-0.15, -0.1) is 0 Å². The molecule has 156 valence electrons. The Morgan fingerprint density at radius 1 is 1.14 bits per heavy atom. The molecule has 3 unspecified atom stereocenters. The number of Topliss-reactive ketones (excluding diaryl/α,β-unsaturated/α-hetero) is 3. The van der Waals surface area contributed by atoms with Crippen LogP contribution in [0.15, 0.2) is 17.2 Å². The Balaban J connectivity index is 2.15. The number of rotatable bonds is 6. The van der Waals surface area contributed by atoms with Crippen molar-refractivity contribution in [3.8, 4) is 0 Å². The van der Waals surface area contributed by atoms with Gasteiger partial charge in [0, 0.05) is 17.1 Å². The maximum atomic E-state index is 13.7. The highest BCUT2D eigenvalue weighted by molar-refractivity contribution is 6.14. The van der Waals surface area contributed by atoms with Crippen LogP contribution in [0.25, 0.3) is 0 Å². The lowest BCUT2D eigenvalue weighted by atomic mass is 9.61. The van der Waals surface area contributed by atoms with E-state index in [0.29, 0.717) is 0 Å². The molecule has 3 heteroatoms. The standard InChI is InChI=1S/C26H34O3/c1-7-9-19-12-20-13-21-18(8-2)10-14(3)16(5)25(21)26(29)24(20)17(6)23(19)22(28)11-15(4)27/h10,19-20,23H,7-9,11-13H2,1-6H3. The van der Waals surface area contributed by atoms with Crippen LogP contribution >= 0.6 is 0 Å². The van der Waals surface area contributed by atoms with Crippen molar-refractivity contribution in [3.05, 3.63) is 45.0 Å². The zero-order valence-corrected chi connectivity index (χ0v) is 18.8. The van der Waals surface area contributed by atoms with Gasteiger partial charge in [-0.1, -0.05) is 31.9 Å². The van der Waals surface area contributed by atoms with Gasteiger partial charge in [0.2, 0.25) is 0 Å². The van der Waals surface area contributed by atoms with Crippen LogP contribution in [-0.2, 0) is 22.4 Å². The largest absolute Gasteiger partial charge is 0.300 e. The van der Waals surface area contributed by atoms with Gasteiger partial charge in [-0.3, -0.25) is 14.4 Å². The van der Waals surface area contributed by atoms with Crippen LogP contribution in [0.3, 0.4) is 0 Å². The first-order chi connectivity index (χ1) is 13.7. The summed E-state index contributed by atoms with van der Waals surface area (Å²) in [5.74, 6) is 0.163. The minimum atomic E-state index is -0.286. The summed E-state index contributed by atoms with van der Waals surface area (Å²) in [7, 11) is 0. The van der Waals surface area contributed by atoms with E-state index in [1.807, 2.05) is 13.8 Å². The number of fused-ring (bicyclic) bond motifs is 2. The zero-order chi connectivity index (χ0) is 21.5. The second kappa shape index (κ2) is 8.38. The van der Waals surface area contributed by atoms with Gasteiger partial charge >= 0.3 is 0 Å². The molecule has 0 saturated carbocycles. The molecule has 3 rings (SSSR count). The average molecular weight is 395 g/mol. The molecule has 1 aromatic rings. The third-order valence-electron chi connectivity index (χ3n) is 7.14. The second-order valence-corrected chi connectivity index (χ2v) is 9.12. The molecule has 1 aromatic carbocycles. The maximum Gasteiger partial charge on any atom is 0.189 e. The van der Waals surface area contributed by atoms with Crippen LogP contribution < -0.4 is 0 Å². The zero-order valence-electron chi connectivity index (χ0n) is 18.8. The number of benzene rings is 1. The van der Waals surface area contributed by atoms with E-state index in [0.717, 1.165) is 59.9 Å². The first kappa shape index (κ1) is 21.7. The number of carbonyl (C=O) groups excluding carboxylic acids is 3. The Bertz CT molecular complexity index is 903. The number of ketones is 3. The first-order valence-electron chi connectivity index (χ1n) is 11.1. The molecule has 0 fully saturated rings. The third kappa shape index (κ3) is 3.76. The van der Waals surface area contributed by atoms with Gasteiger partial charge in [-0.05, 0) is 87.5 Å². The number of carbonyl (C=O) groups is 3. The summed E-state index contributed by atoms with van der Waals surface area (Å²) in [6.07, 6.45) is 4.64. The number of aryl methyl sites for hydroxylation is 2. The molecule has 0 saturated heterocycles. The van der Waals surface area contributed by atoms with Crippen LogP contribution in [0.2, 0.25) is 0 Å². The molecule has 0 aromatic heterocycles.